The molecule has 1 aromatic heterocycles. The van der Waals surface area contributed by atoms with E-state index in [4.69, 9.17) is 4.74 Å². The van der Waals surface area contributed by atoms with Gasteiger partial charge in [0, 0.05) is 17.3 Å². The van der Waals surface area contributed by atoms with Crippen LogP contribution < -0.4 is 15.4 Å². The molecule has 0 fully saturated rings. The van der Waals surface area contributed by atoms with E-state index in [0.717, 1.165) is 0 Å². The number of aromatic amines is 1. The molecule has 2 heterocycles. The van der Waals surface area contributed by atoms with Gasteiger partial charge in [-0.25, -0.2) is 4.98 Å². The highest BCUT2D eigenvalue weighted by Gasteiger charge is 2.34. The number of anilines is 2. The van der Waals surface area contributed by atoms with Crippen molar-refractivity contribution in [3.63, 3.8) is 0 Å². The van der Waals surface area contributed by atoms with Crippen LogP contribution in [0.1, 0.15) is 16.2 Å². The molecule has 1 aliphatic heterocycles. The van der Waals surface area contributed by atoms with Crippen LogP contribution in [0.2, 0.25) is 0 Å². The lowest BCUT2D eigenvalue weighted by molar-refractivity contribution is -0.144. The summed E-state index contributed by atoms with van der Waals surface area (Å²) in [7, 11) is 0. The quantitative estimate of drug-likeness (QED) is 0.640. The molecule has 0 saturated carbocycles. The number of rotatable bonds is 2. The number of aromatic nitrogens is 2. The van der Waals surface area contributed by atoms with E-state index in [1.54, 1.807) is 18.2 Å². The van der Waals surface area contributed by atoms with Crippen LogP contribution in [0.15, 0.2) is 36.4 Å². The van der Waals surface area contributed by atoms with Crippen LogP contribution >= 0.6 is 0 Å². The number of nitrogens with one attached hydrogen (secondary N) is 3. The van der Waals surface area contributed by atoms with E-state index in [1.165, 1.54) is 18.2 Å². The number of carbonyl (C=O) groups excluding carboxylic acids is 2. The van der Waals surface area contributed by atoms with E-state index in [0.29, 0.717) is 17.1 Å². The molecule has 1 aliphatic rings. The topological polar surface area (TPSA) is 96.1 Å². The highest BCUT2D eigenvalue weighted by Crippen LogP contribution is 2.31. The molecule has 4 rings (SSSR count). The number of hydrogen-bond acceptors (Lipinski definition) is 4. The standard InChI is InChI=1S/C17H11F3N4O3/c18-17(19,20)16-23-10-3-1-8(5-12(10)24-16)15(26)21-9-2-4-11-13(6-9)27-7-14(25)22-11/h1-6H,7H2,(H,21,26)(H,22,25)(H,23,24). The molecule has 0 aliphatic carbocycles. The molecular weight excluding hydrogens is 365 g/mol. The number of fused-ring (bicyclic) bond motifs is 2. The molecule has 27 heavy (non-hydrogen) atoms. The van der Waals surface area contributed by atoms with Crippen molar-refractivity contribution >= 4 is 34.2 Å². The number of amides is 2. The fourth-order valence-electron chi connectivity index (χ4n) is 2.64. The zero-order chi connectivity index (χ0) is 19.2. The Kier molecular flexibility index (Phi) is 3.76. The fourth-order valence-corrected chi connectivity index (χ4v) is 2.64. The Bertz CT molecular complexity index is 1070. The van der Waals surface area contributed by atoms with Gasteiger partial charge in [0.2, 0.25) is 5.82 Å². The van der Waals surface area contributed by atoms with Crippen molar-refractivity contribution in [1.29, 1.82) is 0 Å². The first-order valence-electron chi connectivity index (χ1n) is 7.74. The summed E-state index contributed by atoms with van der Waals surface area (Å²) in [4.78, 5) is 29.3. The molecule has 138 valence electrons. The second-order valence-corrected chi connectivity index (χ2v) is 5.82. The van der Waals surface area contributed by atoms with Gasteiger partial charge in [0.25, 0.3) is 11.8 Å². The number of halogens is 3. The first-order valence-corrected chi connectivity index (χ1v) is 7.74. The predicted molar refractivity (Wildman–Crippen MR) is 89.6 cm³/mol. The Balaban J connectivity index is 1.57. The van der Waals surface area contributed by atoms with Gasteiger partial charge in [-0.1, -0.05) is 0 Å². The van der Waals surface area contributed by atoms with Crippen LogP contribution in [0.4, 0.5) is 24.5 Å². The maximum absolute atomic E-state index is 12.7. The predicted octanol–water partition coefficient (Wildman–Crippen LogP) is 3.16. The number of alkyl halides is 3. The minimum atomic E-state index is -4.60. The minimum Gasteiger partial charge on any atom is -0.482 e. The zero-order valence-corrected chi connectivity index (χ0v) is 13.5. The van der Waals surface area contributed by atoms with Crippen molar-refractivity contribution in [3.05, 3.63) is 47.8 Å². The third kappa shape index (κ3) is 3.28. The van der Waals surface area contributed by atoms with Gasteiger partial charge in [0.15, 0.2) is 6.61 Å². The summed E-state index contributed by atoms with van der Waals surface area (Å²) in [5.74, 6) is -1.50. The molecule has 3 N–H and O–H groups in total. The first-order chi connectivity index (χ1) is 12.8. The van der Waals surface area contributed by atoms with E-state index in [-0.39, 0.29) is 29.1 Å². The van der Waals surface area contributed by atoms with Crippen molar-refractivity contribution in [2.75, 3.05) is 17.2 Å². The normalized spacial score (nSPS) is 13.7. The highest BCUT2D eigenvalue weighted by molar-refractivity contribution is 6.06. The third-order valence-corrected chi connectivity index (χ3v) is 3.88. The minimum absolute atomic E-state index is 0.103. The number of H-pyrrole nitrogens is 1. The molecule has 0 saturated heterocycles. The van der Waals surface area contributed by atoms with E-state index in [9.17, 15) is 22.8 Å². The van der Waals surface area contributed by atoms with Crippen LogP contribution in [0.25, 0.3) is 11.0 Å². The molecule has 0 unspecified atom stereocenters. The van der Waals surface area contributed by atoms with E-state index >= 15 is 0 Å². The molecule has 3 aromatic rings. The largest absolute Gasteiger partial charge is 0.482 e. The summed E-state index contributed by atoms with van der Waals surface area (Å²) in [6.07, 6.45) is -4.60. The lowest BCUT2D eigenvalue weighted by atomic mass is 10.1. The van der Waals surface area contributed by atoms with Gasteiger partial charge in [-0.05, 0) is 30.3 Å². The van der Waals surface area contributed by atoms with Gasteiger partial charge < -0.3 is 20.4 Å². The SMILES string of the molecule is O=C1COc2cc(NC(=O)c3ccc4nc(C(F)(F)F)[nH]c4c3)ccc2N1. The van der Waals surface area contributed by atoms with Gasteiger partial charge in [-0.3, -0.25) is 9.59 Å². The average Bonchev–Trinajstić information content (AvgIpc) is 3.05. The Morgan fingerprint density at radius 1 is 1.19 bits per heavy atom. The summed E-state index contributed by atoms with van der Waals surface area (Å²) in [5, 5.41) is 5.26. The van der Waals surface area contributed by atoms with Gasteiger partial charge in [0.1, 0.15) is 5.75 Å². The molecule has 0 atom stereocenters. The highest BCUT2D eigenvalue weighted by atomic mass is 19.4. The Labute approximate surface area is 149 Å². The van der Waals surface area contributed by atoms with Gasteiger partial charge >= 0.3 is 6.18 Å². The van der Waals surface area contributed by atoms with Crippen LogP contribution in [0.3, 0.4) is 0 Å². The second-order valence-electron chi connectivity index (χ2n) is 5.82. The molecule has 0 spiro atoms. The average molecular weight is 376 g/mol. The summed E-state index contributed by atoms with van der Waals surface area (Å²) in [6, 6.07) is 8.71. The van der Waals surface area contributed by atoms with Crippen molar-refractivity contribution < 1.29 is 27.5 Å². The summed E-state index contributed by atoms with van der Waals surface area (Å²) >= 11 is 0. The maximum atomic E-state index is 12.7. The number of imidazole rings is 1. The van der Waals surface area contributed by atoms with Crippen LogP contribution in [-0.2, 0) is 11.0 Å². The Hall–Kier alpha value is -3.56. The molecule has 0 bridgehead atoms. The Morgan fingerprint density at radius 3 is 2.78 bits per heavy atom. The second kappa shape index (κ2) is 6.01. The maximum Gasteiger partial charge on any atom is 0.449 e. The van der Waals surface area contributed by atoms with E-state index < -0.39 is 17.9 Å². The van der Waals surface area contributed by atoms with Crippen LogP contribution in [0, 0.1) is 0 Å². The van der Waals surface area contributed by atoms with Crippen LogP contribution in [-0.4, -0.2) is 28.4 Å². The van der Waals surface area contributed by atoms with E-state index in [2.05, 4.69) is 20.6 Å². The third-order valence-electron chi connectivity index (χ3n) is 3.88. The summed E-state index contributed by atoms with van der Waals surface area (Å²) < 4.78 is 43.4. The molecule has 2 amide bonds. The van der Waals surface area contributed by atoms with Gasteiger partial charge in [0.05, 0.1) is 16.7 Å². The van der Waals surface area contributed by atoms with Crippen molar-refractivity contribution in [1.82, 2.24) is 9.97 Å². The lowest BCUT2D eigenvalue weighted by Gasteiger charge is -2.18. The molecule has 2 aromatic carbocycles. The first kappa shape index (κ1) is 16.9. The summed E-state index contributed by atoms with van der Waals surface area (Å²) in [5.41, 5.74) is 1.27. The number of benzene rings is 2. The van der Waals surface area contributed by atoms with Gasteiger partial charge in [-0.2, -0.15) is 13.2 Å². The van der Waals surface area contributed by atoms with E-state index in [1.807, 2.05) is 0 Å². The number of carbonyl (C=O) groups is 2. The van der Waals surface area contributed by atoms with Crippen molar-refractivity contribution in [2.45, 2.75) is 6.18 Å². The lowest BCUT2D eigenvalue weighted by Crippen LogP contribution is -2.25. The Morgan fingerprint density at radius 2 is 2.00 bits per heavy atom. The molecule has 10 heteroatoms. The smallest absolute Gasteiger partial charge is 0.449 e. The molecular formula is C17H11F3N4O3. The number of nitrogens with zero attached hydrogens (tertiary/aromatic N) is 1. The number of ether oxygens (including phenoxy) is 1. The monoisotopic (exact) mass is 376 g/mol. The molecule has 7 nitrogen and oxygen atoms in total. The molecule has 0 radical (unpaired) electrons. The van der Waals surface area contributed by atoms with Crippen molar-refractivity contribution in [2.24, 2.45) is 0 Å². The van der Waals surface area contributed by atoms with Crippen LogP contribution in [0.5, 0.6) is 5.75 Å². The van der Waals surface area contributed by atoms with Gasteiger partial charge in [-0.15, -0.1) is 0 Å². The summed E-state index contributed by atoms with van der Waals surface area (Å²) in [6.45, 7) is -0.123. The fraction of sp³-hybridized carbons (Fsp3) is 0.118. The zero-order valence-electron chi connectivity index (χ0n) is 13.5. The van der Waals surface area contributed by atoms with Crippen molar-refractivity contribution in [3.8, 4) is 5.75 Å². The number of hydrogen-bond donors (Lipinski definition) is 3.